The molecule has 0 fully saturated rings. The van der Waals surface area contributed by atoms with Gasteiger partial charge in [-0.2, -0.15) is 0 Å². The second kappa shape index (κ2) is 11.6. The van der Waals surface area contributed by atoms with E-state index in [0.29, 0.717) is 0 Å². The van der Waals surface area contributed by atoms with Crippen LogP contribution in [-0.4, -0.2) is 4.98 Å². The number of nitrogens with zero attached hydrogens (tertiary/aromatic N) is 2. The number of pyridine rings is 1. The number of hydrogen-bond donors (Lipinski definition) is 0. The molecule has 1 heterocycles. The number of rotatable bonds is 4. The van der Waals surface area contributed by atoms with Gasteiger partial charge in [-0.1, -0.05) is 141 Å². The van der Waals surface area contributed by atoms with Crippen molar-refractivity contribution in [2.75, 3.05) is 4.90 Å². The Morgan fingerprint density at radius 2 is 0.852 bits per heavy atom. The molecule has 0 bridgehead atoms. The quantitative estimate of drug-likeness (QED) is 0.183. The Kier molecular flexibility index (Phi) is 6.63. The smallest absolute Gasteiger partial charge is 0.0709 e. The average Bonchev–Trinajstić information content (AvgIpc) is 3.46. The van der Waals surface area contributed by atoms with Crippen LogP contribution in [0.1, 0.15) is 25.0 Å². The van der Waals surface area contributed by atoms with Crippen LogP contribution in [0.2, 0.25) is 0 Å². The standard InChI is InChI=1S/C52H36N2/c1-52(2)50-44-24-19-40(49-28-20-35-11-7-8-14-48(35)53-49)29-38(44)17-25-46(50)47-26-18-39-32-43(23-27-45(39)51(47)52)54(41-21-15-33-9-3-5-12-36(33)30-41)42-22-16-34-10-4-6-13-37(34)31-42/h3-32H,1-2H3. The summed E-state index contributed by atoms with van der Waals surface area (Å²) in [5.41, 5.74) is 11.9. The summed E-state index contributed by atoms with van der Waals surface area (Å²) < 4.78 is 0. The molecule has 10 aromatic rings. The van der Waals surface area contributed by atoms with Gasteiger partial charge in [0.2, 0.25) is 0 Å². The lowest BCUT2D eigenvalue weighted by Gasteiger charge is -2.28. The highest BCUT2D eigenvalue weighted by molar-refractivity contribution is 6.05. The summed E-state index contributed by atoms with van der Waals surface area (Å²) in [5, 5.41) is 11.2. The summed E-state index contributed by atoms with van der Waals surface area (Å²) >= 11 is 0. The first-order valence-electron chi connectivity index (χ1n) is 18.8. The molecule has 1 aliphatic carbocycles. The zero-order chi connectivity index (χ0) is 36.0. The predicted molar refractivity (Wildman–Crippen MR) is 229 cm³/mol. The van der Waals surface area contributed by atoms with Gasteiger partial charge in [-0.15, -0.1) is 0 Å². The Balaban J connectivity index is 1.04. The summed E-state index contributed by atoms with van der Waals surface area (Å²) in [5.74, 6) is 0. The minimum Gasteiger partial charge on any atom is -0.310 e. The van der Waals surface area contributed by atoms with E-state index in [1.54, 1.807) is 0 Å². The van der Waals surface area contributed by atoms with E-state index in [4.69, 9.17) is 4.98 Å². The van der Waals surface area contributed by atoms with E-state index in [1.807, 2.05) is 0 Å². The molecule has 54 heavy (non-hydrogen) atoms. The number of aromatic nitrogens is 1. The molecule has 254 valence electrons. The van der Waals surface area contributed by atoms with Gasteiger partial charge < -0.3 is 4.90 Å². The Labute approximate surface area is 314 Å². The van der Waals surface area contributed by atoms with Crippen LogP contribution in [0.3, 0.4) is 0 Å². The molecule has 0 saturated carbocycles. The highest BCUT2D eigenvalue weighted by Crippen LogP contribution is 2.54. The van der Waals surface area contributed by atoms with Crippen LogP contribution < -0.4 is 4.90 Å². The third-order valence-electron chi connectivity index (χ3n) is 11.7. The van der Waals surface area contributed by atoms with Gasteiger partial charge in [0.1, 0.15) is 0 Å². The molecule has 0 amide bonds. The van der Waals surface area contributed by atoms with Crippen molar-refractivity contribution >= 4 is 71.1 Å². The summed E-state index contributed by atoms with van der Waals surface area (Å²) in [4.78, 5) is 7.40. The number of benzene rings is 9. The van der Waals surface area contributed by atoms with Crippen molar-refractivity contribution in [3.05, 3.63) is 193 Å². The van der Waals surface area contributed by atoms with Crippen LogP contribution in [0.4, 0.5) is 17.1 Å². The molecule has 0 aliphatic heterocycles. The molecular formula is C52H36N2. The fourth-order valence-corrected chi connectivity index (χ4v) is 9.17. The molecule has 1 aromatic heterocycles. The summed E-state index contributed by atoms with van der Waals surface area (Å²) in [6.07, 6.45) is 0. The van der Waals surface area contributed by atoms with Crippen molar-refractivity contribution in [3.8, 4) is 22.4 Å². The molecular weight excluding hydrogens is 653 g/mol. The first-order valence-corrected chi connectivity index (χ1v) is 18.8. The molecule has 9 aromatic carbocycles. The van der Waals surface area contributed by atoms with E-state index < -0.39 is 0 Å². The summed E-state index contributed by atoms with van der Waals surface area (Å²) in [6.45, 7) is 4.81. The SMILES string of the molecule is CC1(C)c2c(ccc3cc(-c4ccc5ccccc5n4)ccc23)-c2ccc3cc(N(c4ccc5ccccc5c4)c4ccc5ccccc5c4)ccc3c21. The van der Waals surface area contributed by atoms with Crippen molar-refractivity contribution in [2.24, 2.45) is 0 Å². The average molecular weight is 689 g/mol. The van der Waals surface area contributed by atoms with E-state index in [-0.39, 0.29) is 5.41 Å². The highest BCUT2D eigenvalue weighted by Gasteiger charge is 2.38. The highest BCUT2D eigenvalue weighted by atomic mass is 15.1. The van der Waals surface area contributed by atoms with Crippen molar-refractivity contribution < 1.29 is 0 Å². The van der Waals surface area contributed by atoms with Gasteiger partial charge in [-0.05, 0) is 120 Å². The summed E-state index contributed by atoms with van der Waals surface area (Å²) in [6, 6.07) is 66.6. The lowest BCUT2D eigenvalue weighted by atomic mass is 9.78. The van der Waals surface area contributed by atoms with Gasteiger partial charge >= 0.3 is 0 Å². The number of fused-ring (bicyclic) bond motifs is 10. The lowest BCUT2D eigenvalue weighted by molar-refractivity contribution is 0.672. The fraction of sp³-hybridized carbons (Fsp3) is 0.0577. The molecule has 0 radical (unpaired) electrons. The molecule has 2 nitrogen and oxygen atoms in total. The maximum absolute atomic E-state index is 5.00. The topological polar surface area (TPSA) is 16.1 Å². The number of hydrogen-bond acceptors (Lipinski definition) is 2. The van der Waals surface area contributed by atoms with Crippen LogP contribution in [0.5, 0.6) is 0 Å². The van der Waals surface area contributed by atoms with Crippen LogP contribution in [0, 0.1) is 0 Å². The molecule has 2 heteroatoms. The summed E-state index contributed by atoms with van der Waals surface area (Å²) in [7, 11) is 0. The number of anilines is 3. The molecule has 0 spiro atoms. The lowest BCUT2D eigenvalue weighted by Crippen LogP contribution is -2.16. The molecule has 0 saturated heterocycles. The molecule has 1 aliphatic rings. The monoisotopic (exact) mass is 688 g/mol. The molecule has 0 atom stereocenters. The minimum atomic E-state index is -0.190. The maximum Gasteiger partial charge on any atom is 0.0709 e. The van der Waals surface area contributed by atoms with E-state index in [0.717, 1.165) is 39.2 Å². The van der Waals surface area contributed by atoms with Gasteiger partial charge in [0, 0.05) is 33.4 Å². The van der Waals surface area contributed by atoms with Gasteiger partial charge in [-0.25, -0.2) is 4.98 Å². The first-order chi connectivity index (χ1) is 26.5. The van der Waals surface area contributed by atoms with Crippen LogP contribution in [-0.2, 0) is 5.41 Å². The largest absolute Gasteiger partial charge is 0.310 e. The normalized spacial score (nSPS) is 13.1. The van der Waals surface area contributed by atoms with Crippen molar-refractivity contribution in [1.82, 2.24) is 4.98 Å². The van der Waals surface area contributed by atoms with Gasteiger partial charge in [0.05, 0.1) is 11.2 Å². The van der Waals surface area contributed by atoms with E-state index in [9.17, 15) is 0 Å². The van der Waals surface area contributed by atoms with E-state index >= 15 is 0 Å². The Morgan fingerprint density at radius 1 is 0.389 bits per heavy atom. The molecule has 11 rings (SSSR count). The second-order valence-corrected chi connectivity index (χ2v) is 15.2. The van der Waals surface area contributed by atoms with Crippen LogP contribution >= 0.6 is 0 Å². The molecule has 0 N–H and O–H groups in total. The zero-order valence-electron chi connectivity index (χ0n) is 30.2. The second-order valence-electron chi connectivity index (χ2n) is 15.2. The first kappa shape index (κ1) is 30.8. The Morgan fingerprint density at radius 3 is 1.48 bits per heavy atom. The van der Waals surface area contributed by atoms with Crippen LogP contribution in [0.15, 0.2) is 182 Å². The van der Waals surface area contributed by atoms with Crippen molar-refractivity contribution in [2.45, 2.75) is 19.3 Å². The minimum absolute atomic E-state index is 0.190. The van der Waals surface area contributed by atoms with E-state index in [1.165, 1.54) is 65.3 Å². The predicted octanol–water partition coefficient (Wildman–Crippen LogP) is 14.3. The Hall–Kier alpha value is -6.77. The van der Waals surface area contributed by atoms with Crippen molar-refractivity contribution in [3.63, 3.8) is 0 Å². The third-order valence-corrected chi connectivity index (χ3v) is 11.7. The maximum atomic E-state index is 5.00. The Bertz CT molecular complexity index is 3070. The zero-order valence-corrected chi connectivity index (χ0v) is 30.2. The van der Waals surface area contributed by atoms with Gasteiger partial charge in [-0.3, -0.25) is 0 Å². The molecule has 0 unspecified atom stereocenters. The van der Waals surface area contributed by atoms with E-state index in [2.05, 4.69) is 201 Å². The number of para-hydroxylation sites is 1. The van der Waals surface area contributed by atoms with Crippen LogP contribution in [0.25, 0.3) is 76.4 Å². The third kappa shape index (κ3) is 4.70. The van der Waals surface area contributed by atoms with Gasteiger partial charge in [0.15, 0.2) is 0 Å². The fourth-order valence-electron chi connectivity index (χ4n) is 9.17. The van der Waals surface area contributed by atoms with Crippen molar-refractivity contribution in [1.29, 1.82) is 0 Å². The van der Waals surface area contributed by atoms with Gasteiger partial charge in [0.25, 0.3) is 0 Å².